The van der Waals surface area contributed by atoms with Crippen LogP contribution in [0.4, 0.5) is 30.7 Å². The molecule has 0 fully saturated rings. The number of hydrogen-bond acceptors (Lipinski definition) is 5. The first-order valence-electron chi connectivity index (χ1n) is 10.0. The van der Waals surface area contributed by atoms with E-state index >= 15 is 0 Å². The van der Waals surface area contributed by atoms with Crippen LogP contribution in [0, 0.1) is 5.82 Å². The quantitative estimate of drug-likeness (QED) is 0.187. The second-order valence-corrected chi connectivity index (χ2v) is 8.93. The van der Waals surface area contributed by atoms with E-state index in [9.17, 15) is 43.9 Å². The summed E-state index contributed by atoms with van der Waals surface area (Å²) in [6.07, 6.45) is -9.04. The molecule has 0 atom stereocenters. The van der Waals surface area contributed by atoms with Crippen LogP contribution in [0.2, 0.25) is 0 Å². The molecule has 0 unspecified atom stereocenters. The van der Waals surface area contributed by atoms with Crippen LogP contribution in [0.5, 0.6) is 5.75 Å². The lowest BCUT2D eigenvalue weighted by Crippen LogP contribution is -2.20. The SMILES string of the molecule is O=C(Cc1ccc(C(F)(F)F)c(F)c1)NN=Cc1ccccc1OS(=O)(=O)c1ccc(C(F)(F)F)cc1. The van der Waals surface area contributed by atoms with Crippen LogP contribution < -0.4 is 9.61 Å². The number of benzene rings is 3. The van der Waals surface area contributed by atoms with E-state index in [-0.39, 0.29) is 16.9 Å². The predicted octanol–water partition coefficient (Wildman–Crippen LogP) is 5.32. The van der Waals surface area contributed by atoms with E-state index in [0.29, 0.717) is 24.3 Å². The van der Waals surface area contributed by atoms with Crippen molar-refractivity contribution in [1.82, 2.24) is 5.43 Å². The number of hydrogen-bond donors (Lipinski definition) is 1. The van der Waals surface area contributed by atoms with Crippen molar-refractivity contribution in [3.05, 3.63) is 94.8 Å². The zero-order valence-electron chi connectivity index (χ0n) is 18.3. The van der Waals surface area contributed by atoms with Gasteiger partial charge >= 0.3 is 22.5 Å². The number of nitrogens with one attached hydrogen (secondary N) is 1. The predicted molar refractivity (Wildman–Crippen MR) is 117 cm³/mol. The highest BCUT2D eigenvalue weighted by molar-refractivity contribution is 7.87. The highest BCUT2D eigenvalue weighted by Crippen LogP contribution is 2.32. The van der Waals surface area contributed by atoms with Crippen molar-refractivity contribution < 1.29 is 48.1 Å². The molecule has 37 heavy (non-hydrogen) atoms. The lowest BCUT2D eigenvalue weighted by molar-refractivity contribution is -0.140. The summed E-state index contributed by atoms with van der Waals surface area (Å²) in [6, 6.07) is 10.1. The molecule has 6 nitrogen and oxygen atoms in total. The zero-order chi connectivity index (χ0) is 27.4. The third-order valence-electron chi connectivity index (χ3n) is 4.69. The Morgan fingerprint density at radius 1 is 0.919 bits per heavy atom. The first kappa shape index (κ1) is 27.6. The van der Waals surface area contributed by atoms with Crippen molar-refractivity contribution >= 4 is 22.2 Å². The average molecular weight is 548 g/mol. The van der Waals surface area contributed by atoms with E-state index in [1.807, 2.05) is 0 Å². The summed E-state index contributed by atoms with van der Waals surface area (Å²) in [4.78, 5) is 11.5. The molecule has 0 aromatic heterocycles. The molecule has 0 saturated carbocycles. The standard InChI is InChI=1S/C23H15F7N2O4S/c24-19-11-14(5-10-18(19)23(28,29)30)12-21(33)32-31-13-15-3-1-2-4-20(15)36-37(34,35)17-8-6-16(7-9-17)22(25,26)27/h1-11,13H,12H2,(H,32,33). The molecule has 3 aromatic rings. The fraction of sp³-hybridized carbons (Fsp3) is 0.130. The number of carbonyl (C=O) groups excluding carboxylic acids is 1. The molecule has 0 radical (unpaired) electrons. The minimum absolute atomic E-state index is 0.0513. The maximum Gasteiger partial charge on any atom is 0.419 e. The summed E-state index contributed by atoms with van der Waals surface area (Å²) >= 11 is 0. The summed E-state index contributed by atoms with van der Waals surface area (Å²) < 4.78 is 120. The molecule has 3 rings (SSSR count). The van der Waals surface area contributed by atoms with Crippen molar-refractivity contribution in [1.29, 1.82) is 0 Å². The molecule has 0 bridgehead atoms. The van der Waals surface area contributed by atoms with Crippen molar-refractivity contribution in [2.45, 2.75) is 23.7 Å². The molecule has 0 aliphatic carbocycles. The van der Waals surface area contributed by atoms with Gasteiger partial charge in [-0.25, -0.2) is 9.82 Å². The number of halogens is 7. The minimum Gasteiger partial charge on any atom is -0.378 e. The van der Waals surface area contributed by atoms with Crippen LogP contribution in [0.25, 0.3) is 0 Å². The maximum absolute atomic E-state index is 13.6. The van der Waals surface area contributed by atoms with Gasteiger partial charge < -0.3 is 4.18 Å². The van der Waals surface area contributed by atoms with Gasteiger partial charge in [-0.2, -0.15) is 39.9 Å². The third-order valence-corrected chi connectivity index (χ3v) is 5.93. The van der Waals surface area contributed by atoms with Crippen LogP contribution in [0.1, 0.15) is 22.3 Å². The Morgan fingerprint density at radius 3 is 2.16 bits per heavy atom. The maximum atomic E-state index is 13.6. The first-order valence-corrected chi connectivity index (χ1v) is 11.5. The number of hydrazone groups is 1. The lowest BCUT2D eigenvalue weighted by atomic mass is 10.1. The van der Waals surface area contributed by atoms with Gasteiger partial charge in [-0.3, -0.25) is 4.79 Å². The molecule has 0 aliphatic rings. The third kappa shape index (κ3) is 7.29. The molecule has 196 valence electrons. The van der Waals surface area contributed by atoms with Gasteiger partial charge in [0.25, 0.3) is 0 Å². The number of rotatable bonds is 7. The Morgan fingerprint density at radius 2 is 1.57 bits per heavy atom. The van der Waals surface area contributed by atoms with Crippen LogP contribution in [0.3, 0.4) is 0 Å². The fourth-order valence-electron chi connectivity index (χ4n) is 2.94. The largest absolute Gasteiger partial charge is 0.419 e. The van der Waals surface area contributed by atoms with Gasteiger partial charge in [0.2, 0.25) is 5.91 Å². The summed E-state index contributed by atoms with van der Waals surface area (Å²) in [7, 11) is -4.53. The second-order valence-electron chi connectivity index (χ2n) is 7.38. The lowest BCUT2D eigenvalue weighted by Gasteiger charge is -2.11. The first-order chi connectivity index (χ1) is 17.2. The van der Waals surface area contributed by atoms with Gasteiger partial charge in [-0.15, -0.1) is 0 Å². The summed E-state index contributed by atoms with van der Waals surface area (Å²) in [5, 5.41) is 3.62. The fourth-order valence-corrected chi connectivity index (χ4v) is 3.89. The zero-order valence-corrected chi connectivity index (χ0v) is 19.1. The van der Waals surface area contributed by atoms with Crippen molar-refractivity contribution in [2.24, 2.45) is 5.10 Å². The molecular weight excluding hydrogens is 533 g/mol. The van der Waals surface area contributed by atoms with E-state index in [2.05, 4.69) is 10.5 Å². The van der Waals surface area contributed by atoms with Crippen molar-refractivity contribution in [3.8, 4) is 5.75 Å². The van der Waals surface area contributed by atoms with Crippen LogP contribution in [-0.2, 0) is 33.7 Å². The highest BCUT2D eigenvalue weighted by Gasteiger charge is 2.34. The second kappa shape index (κ2) is 10.6. The number of amides is 1. The molecule has 0 saturated heterocycles. The number of alkyl halides is 6. The number of carbonyl (C=O) groups is 1. The molecular formula is C23H15F7N2O4S. The monoisotopic (exact) mass is 548 g/mol. The molecule has 1 N–H and O–H groups in total. The van der Waals surface area contributed by atoms with Crippen LogP contribution >= 0.6 is 0 Å². The smallest absolute Gasteiger partial charge is 0.378 e. The van der Waals surface area contributed by atoms with Crippen LogP contribution in [-0.4, -0.2) is 20.5 Å². The van der Waals surface area contributed by atoms with Gasteiger partial charge in [0, 0.05) is 5.56 Å². The van der Waals surface area contributed by atoms with Crippen molar-refractivity contribution in [3.63, 3.8) is 0 Å². The topological polar surface area (TPSA) is 84.8 Å². The molecule has 1 amide bonds. The van der Waals surface area contributed by atoms with E-state index in [0.717, 1.165) is 24.4 Å². The number of nitrogens with zero attached hydrogens (tertiary/aromatic N) is 1. The molecule has 3 aromatic carbocycles. The summed E-state index contributed by atoms with van der Waals surface area (Å²) in [5.41, 5.74) is -0.458. The number of para-hydroxylation sites is 1. The molecule has 14 heteroatoms. The molecule has 0 spiro atoms. The van der Waals surface area contributed by atoms with E-state index in [1.165, 1.54) is 24.3 Å². The Bertz CT molecular complexity index is 1420. The van der Waals surface area contributed by atoms with Gasteiger partial charge in [-0.1, -0.05) is 18.2 Å². The van der Waals surface area contributed by atoms with Crippen LogP contribution in [0.15, 0.2) is 76.7 Å². The normalized spacial score (nSPS) is 12.5. The Balaban J connectivity index is 1.68. The van der Waals surface area contributed by atoms with Crippen molar-refractivity contribution in [2.75, 3.05) is 0 Å². The Hall–Kier alpha value is -3.94. The van der Waals surface area contributed by atoms with Gasteiger partial charge in [-0.05, 0) is 54.1 Å². The van der Waals surface area contributed by atoms with Gasteiger partial charge in [0.1, 0.15) is 10.7 Å². The minimum atomic E-state index is -4.88. The van der Waals surface area contributed by atoms with E-state index in [1.54, 1.807) is 0 Å². The summed E-state index contributed by atoms with van der Waals surface area (Å²) in [6.45, 7) is 0. The molecule has 0 aliphatic heterocycles. The van der Waals surface area contributed by atoms with E-state index in [4.69, 9.17) is 4.18 Å². The average Bonchev–Trinajstić information content (AvgIpc) is 2.79. The highest BCUT2D eigenvalue weighted by atomic mass is 32.2. The Labute approximate surface area is 205 Å². The molecule has 0 heterocycles. The van der Waals surface area contributed by atoms with Gasteiger partial charge in [0.15, 0.2) is 5.75 Å². The van der Waals surface area contributed by atoms with E-state index < -0.39 is 56.6 Å². The Kier molecular flexibility index (Phi) is 7.91. The summed E-state index contributed by atoms with van der Waals surface area (Å²) in [5.74, 6) is -2.61. The van der Waals surface area contributed by atoms with Gasteiger partial charge in [0.05, 0.1) is 23.8 Å².